The summed E-state index contributed by atoms with van der Waals surface area (Å²) >= 11 is 7.03. The fourth-order valence-corrected chi connectivity index (χ4v) is 2.55. The number of carboxylic acids is 1. The third kappa shape index (κ3) is 2.49. The molecule has 0 aliphatic carbocycles. The number of aromatic carboxylic acids is 1. The molecular formula is C11H8ClNO4S. The van der Waals surface area contributed by atoms with Crippen LogP contribution in [0.5, 0.6) is 0 Å². The Morgan fingerprint density at radius 2 is 1.83 bits per heavy atom. The van der Waals surface area contributed by atoms with Gasteiger partial charge >= 0.3 is 5.97 Å². The Bertz CT molecular complexity index is 530. The van der Waals surface area contributed by atoms with Crippen LogP contribution in [0.15, 0.2) is 18.2 Å². The number of carbonyl (C=O) groups is 3. The smallest absolute Gasteiger partial charge is 0.335 e. The van der Waals surface area contributed by atoms with Crippen LogP contribution in [0, 0.1) is 0 Å². The molecule has 94 valence electrons. The van der Waals surface area contributed by atoms with Crippen molar-refractivity contribution in [3.05, 3.63) is 28.8 Å². The number of amides is 2. The van der Waals surface area contributed by atoms with Crippen molar-refractivity contribution in [2.45, 2.75) is 0 Å². The van der Waals surface area contributed by atoms with Gasteiger partial charge in [-0.15, -0.1) is 11.8 Å². The van der Waals surface area contributed by atoms with Crippen molar-refractivity contribution in [1.82, 2.24) is 0 Å². The molecule has 1 aliphatic heterocycles. The van der Waals surface area contributed by atoms with E-state index in [0.29, 0.717) is 0 Å². The van der Waals surface area contributed by atoms with Crippen LogP contribution >= 0.6 is 23.4 Å². The van der Waals surface area contributed by atoms with Gasteiger partial charge < -0.3 is 5.11 Å². The van der Waals surface area contributed by atoms with Gasteiger partial charge in [0.05, 0.1) is 22.8 Å². The number of anilines is 1. The summed E-state index contributed by atoms with van der Waals surface area (Å²) in [5.74, 6) is -1.50. The Morgan fingerprint density at radius 1 is 1.22 bits per heavy atom. The number of thioether (sulfide) groups is 1. The number of hydrogen-bond donors (Lipinski definition) is 1. The molecule has 2 rings (SSSR count). The largest absolute Gasteiger partial charge is 0.478 e. The predicted molar refractivity (Wildman–Crippen MR) is 68.2 cm³/mol. The van der Waals surface area contributed by atoms with E-state index >= 15 is 0 Å². The topological polar surface area (TPSA) is 74.7 Å². The van der Waals surface area contributed by atoms with Gasteiger partial charge in [0.1, 0.15) is 0 Å². The minimum atomic E-state index is -1.16. The maximum absolute atomic E-state index is 11.7. The Labute approximate surface area is 112 Å². The van der Waals surface area contributed by atoms with Crippen molar-refractivity contribution in [1.29, 1.82) is 0 Å². The van der Waals surface area contributed by atoms with Gasteiger partial charge in [-0.3, -0.25) is 9.59 Å². The van der Waals surface area contributed by atoms with Gasteiger partial charge in [-0.2, -0.15) is 0 Å². The quantitative estimate of drug-likeness (QED) is 0.836. The van der Waals surface area contributed by atoms with Crippen molar-refractivity contribution < 1.29 is 19.5 Å². The van der Waals surface area contributed by atoms with E-state index < -0.39 is 5.97 Å². The fraction of sp³-hybridized carbons (Fsp3) is 0.182. The van der Waals surface area contributed by atoms with Crippen molar-refractivity contribution >= 4 is 46.8 Å². The Kier molecular flexibility index (Phi) is 3.58. The SMILES string of the molecule is O=C(O)c1cc(Cl)cc(N2C(=O)CSCC2=O)c1. The molecule has 1 aromatic carbocycles. The van der Waals surface area contributed by atoms with Crippen LogP contribution in [-0.2, 0) is 9.59 Å². The molecule has 0 saturated carbocycles. The zero-order valence-electron chi connectivity index (χ0n) is 9.05. The van der Waals surface area contributed by atoms with Gasteiger partial charge in [0.25, 0.3) is 0 Å². The summed E-state index contributed by atoms with van der Waals surface area (Å²) in [7, 11) is 0. The first kappa shape index (κ1) is 12.9. The van der Waals surface area contributed by atoms with E-state index in [-0.39, 0.29) is 39.6 Å². The Morgan fingerprint density at radius 3 is 2.39 bits per heavy atom. The monoisotopic (exact) mass is 285 g/mol. The number of imide groups is 1. The van der Waals surface area contributed by atoms with Crippen molar-refractivity contribution in [2.75, 3.05) is 16.4 Å². The highest BCUT2D eigenvalue weighted by molar-refractivity contribution is 8.00. The van der Waals surface area contributed by atoms with Gasteiger partial charge in [-0.1, -0.05) is 11.6 Å². The molecular weight excluding hydrogens is 278 g/mol. The van der Waals surface area contributed by atoms with Crippen LogP contribution in [0.4, 0.5) is 5.69 Å². The number of nitrogens with zero attached hydrogens (tertiary/aromatic N) is 1. The van der Waals surface area contributed by atoms with Crippen LogP contribution in [0.3, 0.4) is 0 Å². The molecule has 0 bridgehead atoms. The second-order valence-corrected chi connectivity index (χ2v) is 5.04. The highest BCUT2D eigenvalue weighted by atomic mass is 35.5. The zero-order chi connectivity index (χ0) is 13.3. The highest BCUT2D eigenvalue weighted by Gasteiger charge is 2.28. The van der Waals surface area contributed by atoms with Crippen LogP contribution in [0.2, 0.25) is 5.02 Å². The third-order valence-electron chi connectivity index (χ3n) is 2.34. The number of carbonyl (C=O) groups excluding carboxylic acids is 2. The lowest BCUT2D eigenvalue weighted by Gasteiger charge is -2.24. The molecule has 0 unspecified atom stereocenters. The summed E-state index contributed by atoms with van der Waals surface area (Å²) in [6, 6.07) is 3.93. The highest BCUT2D eigenvalue weighted by Crippen LogP contribution is 2.26. The first-order chi connectivity index (χ1) is 8.49. The Balaban J connectivity index is 2.46. The van der Waals surface area contributed by atoms with Crippen LogP contribution in [0.25, 0.3) is 0 Å². The predicted octanol–water partition coefficient (Wildman–Crippen LogP) is 1.64. The van der Waals surface area contributed by atoms with E-state index in [1.165, 1.54) is 30.0 Å². The van der Waals surface area contributed by atoms with Gasteiger partial charge in [0.2, 0.25) is 11.8 Å². The number of rotatable bonds is 2. The first-order valence-corrected chi connectivity index (χ1v) is 6.49. The first-order valence-electron chi connectivity index (χ1n) is 4.96. The molecule has 1 aromatic rings. The zero-order valence-corrected chi connectivity index (χ0v) is 10.6. The minimum absolute atomic E-state index is 0.0590. The molecule has 2 amide bonds. The fourth-order valence-electron chi connectivity index (χ4n) is 1.61. The molecule has 18 heavy (non-hydrogen) atoms. The average molecular weight is 286 g/mol. The number of hydrogen-bond acceptors (Lipinski definition) is 4. The summed E-state index contributed by atoms with van der Waals surface area (Å²) in [5, 5.41) is 9.08. The molecule has 5 nitrogen and oxygen atoms in total. The van der Waals surface area contributed by atoms with Crippen molar-refractivity contribution in [3.63, 3.8) is 0 Å². The van der Waals surface area contributed by atoms with Crippen LogP contribution in [-0.4, -0.2) is 34.4 Å². The molecule has 1 N–H and O–H groups in total. The van der Waals surface area contributed by atoms with Crippen LogP contribution in [0.1, 0.15) is 10.4 Å². The molecule has 1 saturated heterocycles. The summed E-state index contributed by atoms with van der Waals surface area (Å²) in [6.45, 7) is 0. The van der Waals surface area contributed by atoms with Gasteiger partial charge in [-0.25, -0.2) is 9.69 Å². The van der Waals surface area contributed by atoms with E-state index in [1.54, 1.807) is 0 Å². The lowest BCUT2D eigenvalue weighted by atomic mass is 10.2. The van der Waals surface area contributed by atoms with E-state index in [2.05, 4.69) is 0 Å². The molecule has 0 aromatic heterocycles. The van der Waals surface area contributed by atoms with Crippen molar-refractivity contribution in [3.8, 4) is 0 Å². The normalized spacial score (nSPS) is 15.9. The third-order valence-corrected chi connectivity index (χ3v) is 3.46. The average Bonchev–Trinajstić information content (AvgIpc) is 2.28. The van der Waals surface area contributed by atoms with Crippen LogP contribution < -0.4 is 4.90 Å². The minimum Gasteiger partial charge on any atom is -0.478 e. The van der Waals surface area contributed by atoms with E-state index in [0.717, 1.165) is 4.90 Å². The molecule has 0 spiro atoms. The molecule has 0 radical (unpaired) electrons. The van der Waals surface area contributed by atoms with E-state index in [1.807, 2.05) is 0 Å². The summed E-state index contributed by atoms with van der Waals surface area (Å²) < 4.78 is 0. The maximum Gasteiger partial charge on any atom is 0.335 e. The summed E-state index contributed by atoms with van der Waals surface area (Å²) in [6.07, 6.45) is 0. The van der Waals surface area contributed by atoms with Gasteiger partial charge in [-0.05, 0) is 18.2 Å². The molecule has 1 fully saturated rings. The Hall–Kier alpha value is -1.53. The molecule has 1 aliphatic rings. The molecule has 0 atom stereocenters. The lowest BCUT2D eigenvalue weighted by Crippen LogP contribution is -2.43. The number of halogens is 1. The van der Waals surface area contributed by atoms with Gasteiger partial charge in [0, 0.05) is 5.02 Å². The maximum atomic E-state index is 11.7. The molecule has 1 heterocycles. The summed E-state index contributed by atoms with van der Waals surface area (Å²) in [5.41, 5.74) is 0.145. The number of benzene rings is 1. The standard InChI is InChI=1S/C11H8ClNO4S/c12-7-1-6(11(16)17)2-8(3-7)13-9(14)4-18-5-10(13)15/h1-3H,4-5H2,(H,16,17). The van der Waals surface area contributed by atoms with Crippen molar-refractivity contribution in [2.24, 2.45) is 0 Å². The second kappa shape index (κ2) is 4.99. The molecule has 7 heteroatoms. The van der Waals surface area contributed by atoms with E-state index in [9.17, 15) is 14.4 Å². The number of carboxylic acid groups (broad SMARTS) is 1. The van der Waals surface area contributed by atoms with Gasteiger partial charge in [0.15, 0.2) is 0 Å². The summed E-state index contributed by atoms with van der Waals surface area (Å²) in [4.78, 5) is 35.3. The second-order valence-electron chi connectivity index (χ2n) is 3.62. The van der Waals surface area contributed by atoms with E-state index in [4.69, 9.17) is 16.7 Å². The lowest BCUT2D eigenvalue weighted by molar-refractivity contribution is -0.124.